The Morgan fingerprint density at radius 1 is 1.15 bits per heavy atom. The summed E-state index contributed by atoms with van der Waals surface area (Å²) in [5.74, 6) is 1.84. The zero-order chi connectivity index (χ0) is 23.1. The third-order valence-corrected chi connectivity index (χ3v) is 8.96. The molecule has 1 N–H and O–H groups in total. The Morgan fingerprint density at radius 2 is 2.03 bits per heavy atom. The van der Waals surface area contributed by atoms with Crippen molar-refractivity contribution in [1.29, 1.82) is 0 Å². The van der Waals surface area contributed by atoms with Crippen molar-refractivity contribution in [2.75, 3.05) is 35.6 Å². The standard InChI is InChI=1S/C25H24FN5OS2/c26-18-3-1-4-19(14-18)28-24-23-20(8-12-34(23)32)29-25(30-24)31-9-6-16(7-10-31)21-13-17(15-27-21)22-5-2-11-33-22/h1-5,11,13-14,16H,6-10,12,15H2,(H,28,29,30). The number of aromatic nitrogens is 2. The molecule has 34 heavy (non-hydrogen) atoms. The fourth-order valence-corrected chi connectivity index (χ4v) is 6.83. The molecule has 0 radical (unpaired) electrons. The van der Waals surface area contributed by atoms with Crippen LogP contribution in [0.2, 0.25) is 0 Å². The molecular formula is C25H24FN5OS2. The SMILES string of the molecule is O=S1CCc2nc(N3CCC(C4=NCC(c5cccs5)=C4)CC3)nc(Nc3cccc(F)c3)c21. The van der Waals surface area contributed by atoms with E-state index in [-0.39, 0.29) is 5.82 Å². The van der Waals surface area contributed by atoms with Crippen LogP contribution in [0.1, 0.15) is 23.4 Å². The second kappa shape index (κ2) is 9.03. The number of nitrogens with one attached hydrogen (secondary N) is 1. The zero-order valence-electron chi connectivity index (χ0n) is 18.5. The van der Waals surface area contributed by atoms with Crippen molar-refractivity contribution in [2.24, 2.45) is 10.9 Å². The quantitative estimate of drug-likeness (QED) is 0.551. The summed E-state index contributed by atoms with van der Waals surface area (Å²) >= 11 is 1.76. The number of benzene rings is 1. The first-order chi connectivity index (χ1) is 16.6. The molecule has 6 nitrogen and oxygen atoms in total. The summed E-state index contributed by atoms with van der Waals surface area (Å²) in [6, 6.07) is 10.5. The fourth-order valence-electron chi connectivity index (χ4n) is 4.79. The number of piperidine rings is 1. The summed E-state index contributed by atoms with van der Waals surface area (Å²) in [4.78, 5) is 18.5. The molecule has 3 aliphatic heterocycles. The number of allylic oxidation sites excluding steroid dienone is 1. The lowest BCUT2D eigenvalue weighted by Crippen LogP contribution is -2.37. The van der Waals surface area contributed by atoms with E-state index in [1.165, 1.54) is 28.3 Å². The van der Waals surface area contributed by atoms with Gasteiger partial charge in [-0.3, -0.25) is 9.20 Å². The average Bonchev–Trinajstić information content (AvgIpc) is 3.61. The molecule has 1 atom stereocenters. The number of hydrogen-bond donors (Lipinski definition) is 1. The minimum absolute atomic E-state index is 0.328. The van der Waals surface area contributed by atoms with Crippen LogP contribution in [0.15, 0.2) is 57.7 Å². The molecule has 1 saturated heterocycles. The van der Waals surface area contributed by atoms with E-state index in [0.717, 1.165) is 38.2 Å². The molecule has 1 unspecified atom stereocenters. The summed E-state index contributed by atoms with van der Waals surface area (Å²) in [6.45, 7) is 2.45. The molecule has 0 spiro atoms. The highest BCUT2D eigenvalue weighted by atomic mass is 32.2. The lowest BCUT2D eigenvalue weighted by atomic mass is 9.91. The van der Waals surface area contributed by atoms with E-state index in [1.807, 2.05) is 0 Å². The predicted octanol–water partition coefficient (Wildman–Crippen LogP) is 4.84. The van der Waals surface area contributed by atoms with Gasteiger partial charge in [0.1, 0.15) is 10.7 Å². The van der Waals surface area contributed by atoms with Crippen LogP contribution in [0.5, 0.6) is 0 Å². The highest BCUT2D eigenvalue weighted by molar-refractivity contribution is 7.85. The Kier molecular flexibility index (Phi) is 5.74. The number of aryl methyl sites for hydroxylation is 1. The lowest BCUT2D eigenvalue weighted by Gasteiger charge is -2.32. The van der Waals surface area contributed by atoms with Crippen LogP contribution in [0, 0.1) is 11.7 Å². The van der Waals surface area contributed by atoms with Gasteiger partial charge in [-0.15, -0.1) is 11.3 Å². The topological polar surface area (TPSA) is 70.5 Å². The molecule has 3 aliphatic rings. The van der Waals surface area contributed by atoms with Crippen LogP contribution < -0.4 is 10.2 Å². The molecule has 2 aromatic heterocycles. The molecule has 0 saturated carbocycles. The lowest BCUT2D eigenvalue weighted by molar-refractivity contribution is 0.497. The number of anilines is 3. The number of nitrogens with zero attached hydrogens (tertiary/aromatic N) is 4. The van der Waals surface area contributed by atoms with E-state index in [9.17, 15) is 8.60 Å². The van der Waals surface area contributed by atoms with Crippen molar-refractivity contribution in [2.45, 2.75) is 24.2 Å². The van der Waals surface area contributed by atoms with Gasteiger partial charge in [0.25, 0.3) is 0 Å². The minimum atomic E-state index is -1.15. The number of thiophene rings is 1. The van der Waals surface area contributed by atoms with E-state index < -0.39 is 10.8 Å². The first-order valence-electron chi connectivity index (χ1n) is 11.5. The van der Waals surface area contributed by atoms with Gasteiger partial charge in [-0.1, -0.05) is 12.1 Å². The monoisotopic (exact) mass is 493 g/mol. The van der Waals surface area contributed by atoms with Gasteiger partial charge in [0.2, 0.25) is 5.95 Å². The molecule has 9 heteroatoms. The largest absolute Gasteiger partial charge is 0.341 e. The Bertz CT molecular complexity index is 1310. The highest BCUT2D eigenvalue weighted by Crippen LogP contribution is 2.34. The van der Waals surface area contributed by atoms with Crippen LogP contribution >= 0.6 is 11.3 Å². The first-order valence-corrected chi connectivity index (χ1v) is 13.7. The van der Waals surface area contributed by atoms with Crippen LogP contribution in [0.3, 0.4) is 0 Å². The molecule has 0 amide bonds. The summed E-state index contributed by atoms with van der Waals surface area (Å²) in [6.07, 6.45) is 4.92. The van der Waals surface area contributed by atoms with Gasteiger partial charge in [0.15, 0.2) is 5.82 Å². The maximum Gasteiger partial charge on any atom is 0.227 e. The van der Waals surface area contributed by atoms with Gasteiger partial charge in [0, 0.05) is 47.5 Å². The molecule has 5 heterocycles. The number of hydrogen-bond acceptors (Lipinski definition) is 7. The number of fused-ring (bicyclic) bond motifs is 1. The fraction of sp³-hybridized carbons (Fsp3) is 0.320. The number of rotatable bonds is 5. The van der Waals surface area contributed by atoms with Crippen molar-refractivity contribution in [3.63, 3.8) is 0 Å². The Hall–Kier alpha value is -2.91. The summed E-state index contributed by atoms with van der Waals surface area (Å²) in [5.41, 5.74) is 3.94. The van der Waals surface area contributed by atoms with Crippen LogP contribution in [-0.2, 0) is 17.2 Å². The normalized spacial score (nSPS) is 20.3. The van der Waals surface area contributed by atoms with Gasteiger partial charge in [0.05, 0.1) is 23.0 Å². The van der Waals surface area contributed by atoms with Crippen molar-refractivity contribution < 1.29 is 8.60 Å². The molecule has 6 rings (SSSR count). The third kappa shape index (κ3) is 4.18. The molecule has 174 valence electrons. The average molecular weight is 494 g/mol. The van der Waals surface area contributed by atoms with Crippen molar-refractivity contribution in [1.82, 2.24) is 9.97 Å². The van der Waals surface area contributed by atoms with Crippen LogP contribution in [-0.4, -0.2) is 45.3 Å². The van der Waals surface area contributed by atoms with E-state index in [0.29, 0.717) is 40.4 Å². The highest BCUT2D eigenvalue weighted by Gasteiger charge is 2.30. The van der Waals surface area contributed by atoms with Gasteiger partial charge in [-0.25, -0.2) is 9.37 Å². The second-order valence-corrected chi connectivity index (χ2v) is 11.2. The maximum atomic E-state index is 13.7. The zero-order valence-corrected chi connectivity index (χ0v) is 20.2. The Labute approximate surface area is 204 Å². The summed E-state index contributed by atoms with van der Waals surface area (Å²) in [7, 11) is -1.15. The minimum Gasteiger partial charge on any atom is -0.341 e. The van der Waals surface area contributed by atoms with Gasteiger partial charge in [-0.05, 0) is 54.1 Å². The number of halogens is 1. The van der Waals surface area contributed by atoms with Crippen LogP contribution in [0.4, 0.5) is 21.8 Å². The third-order valence-electron chi connectivity index (χ3n) is 6.55. The van der Waals surface area contributed by atoms with Gasteiger partial charge < -0.3 is 10.2 Å². The first kappa shape index (κ1) is 21.6. The molecule has 3 aromatic rings. The molecular weight excluding hydrogens is 469 g/mol. The van der Waals surface area contributed by atoms with Gasteiger partial charge >= 0.3 is 0 Å². The maximum absolute atomic E-state index is 13.7. The predicted molar refractivity (Wildman–Crippen MR) is 136 cm³/mol. The van der Waals surface area contributed by atoms with E-state index in [1.54, 1.807) is 23.5 Å². The summed E-state index contributed by atoms with van der Waals surface area (Å²) in [5, 5.41) is 5.30. The van der Waals surface area contributed by atoms with Crippen molar-refractivity contribution >= 4 is 50.9 Å². The smallest absolute Gasteiger partial charge is 0.227 e. The van der Waals surface area contributed by atoms with Gasteiger partial charge in [-0.2, -0.15) is 4.98 Å². The van der Waals surface area contributed by atoms with E-state index in [4.69, 9.17) is 15.0 Å². The van der Waals surface area contributed by atoms with E-state index >= 15 is 0 Å². The molecule has 1 fully saturated rings. The molecule has 0 bridgehead atoms. The molecule has 1 aromatic carbocycles. The Morgan fingerprint density at radius 3 is 2.82 bits per heavy atom. The van der Waals surface area contributed by atoms with Crippen molar-refractivity contribution in [3.05, 3.63) is 64.2 Å². The van der Waals surface area contributed by atoms with E-state index in [2.05, 4.69) is 33.8 Å². The second-order valence-electron chi connectivity index (χ2n) is 8.73. The Balaban J connectivity index is 1.20. The molecule has 0 aliphatic carbocycles. The van der Waals surface area contributed by atoms with Crippen molar-refractivity contribution in [3.8, 4) is 0 Å². The van der Waals surface area contributed by atoms with Crippen LogP contribution in [0.25, 0.3) is 5.57 Å². The number of aliphatic imine (C=N–C) groups is 1. The summed E-state index contributed by atoms with van der Waals surface area (Å²) < 4.78 is 26.3.